The lowest BCUT2D eigenvalue weighted by atomic mass is 10.1. The number of esters is 1. The van der Waals surface area contributed by atoms with E-state index in [1.54, 1.807) is 24.3 Å². The molecule has 0 radical (unpaired) electrons. The number of carbonyl (C=O) groups is 1. The van der Waals surface area contributed by atoms with Gasteiger partial charge in [0.05, 0.1) is 12.8 Å². The van der Waals surface area contributed by atoms with Crippen LogP contribution in [0, 0.1) is 0 Å². The number of aromatic nitrogens is 1. The molecule has 0 spiro atoms. The summed E-state index contributed by atoms with van der Waals surface area (Å²) in [7, 11) is 1.18. The SMILES string of the molecule is COC(=O)c1c(O)[nH]c(-c2ccccc2)c1O. The monoisotopic (exact) mass is 233 g/mol. The van der Waals surface area contributed by atoms with Crippen molar-refractivity contribution >= 4 is 5.97 Å². The van der Waals surface area contributed by atoms with Gasteiger partial charge in [-0.15, -0.1) is 0 Å². The van der Waals surface area contributed by atoms with Gasteiger partial charge >= 0.3 is 5.97 Å². The zero-order valence-corrected chi connectivity index (χ0v) is 9.10. The van der Waals surface area contributed by atoms with Gasteiger partial charge in [-0.25, -0.2) is 4.79 Å². The van der Waals surface area contributed by atoms with Crippen LogP contribution in [0.1, 0.15) is 10.4 Å². The van der Waals surface area contributed by atoms with Crippen molar-refractivity contribution in [3.05, 3.63) is 35.9 Å². The van der Waals surface area contributed by atoms with Crippen LogP contribution in [-0.4, -0.2) is 28.3 Å². The van der Waals surface area contributed by atoms with Crippen molar-refractivity contribution in [1.82, 2.24) is 4.98 Å². The van der Waals surface area contributed by atoms with Crippen LogP contribution in [0.3, 0.4) is 0 Å². The Kier molecular flexibility index (Phi) is 2.74. The lowest BCUT2D eigenvalue weighted by Gasteiger charge is -1.99. The fourth-order valence-electron chi connectivity index (χ4n) is 1.59. The van der Waals surface area contributed by atoms with Crippen molar-refractivity contribution in [2.45, 2.75) is 0 Å². The van der Waals surface area contributed by atoms with Gasteiger partial charge in [-0.2, -0.15) is 0 Å². The van der Waals surface area contributed by atoms with Crippen LogP contribution in [0.5, 0.6) is 11.6 Å². The summed E-state index contributed by atoms with van der Waals surface area (Å²) in [5, 5.41) is 19.4. The molecule has 0 saturated heterocycles. The van der Waals surface area contributed by atoms with Crippen LogP contribution in [-0.2, 0) is 4.74 Å². The van der Waals surface area contributed by atoms with Crippen LogP contribution < -0.4 is 0 Å². The smallest absolute Gasteiger partial charge is 0.347 e. The van der Waals surface area contributed by atoms with Crippen molar-refractivity contribution in [3.63, 3.8) is 0 Å². The summed E-state index contributed by atoms with van der Waals surface area (Å²) in [6, 6.07) is 8.87. The summed E-state index contributed by atoms with van der Waals surface area (Å²) < 4.78 is 4.47. The third-order valence-electron chi connectivity index (χ3n) is 2.41. The molecule has 1 heterocycles. The standard InChI is InChI=1S/C12H11NO4/c1-17-12(16)8-10(14)9(13-11(8)15)7-5-3-2-4-6-7/h2-6,13-15H,1H3. The van der Waals surface area contributed by atoms with E-state index in [0.29, 0.717) is 5.56 Å². The van der Waals surface area contributed by atoms with Gasteiger partial charge in [-0.3, -0.25) is 0 Å². The first-order chi connectivity index (χ1) is 8.15. The van der Waals surface area contributed by atoms with E-state index in [2.05, 4.69) is 9.72 Å². The second-order valence-corrected chi connectivity index (χ2v) is 3.43. The number of methoxy groups -OCH3 is 1. The van der Waals surface area contributed by atoms with E-state index in [9.17, 15) is 15.0 Å². The number of benzene rings is 1. The third kappa shape index (κ3) is 1.82. The van der Waals surface area contributed by atoms with Gasteiger partial charge in [-0.1, -0.05) is 30.3 Å². The number of hydrogen-bond acceptors (Lipinski definition) is 4. The van der Waals surface area contributed by atoms with Gasteiger partial charge in [0.1, 0.15) is 0 Å². The molecule has 2 rings (SSSR count). The van der Waals surface area contributed by atoms with Crippen molar-refractivity contribution in [2.75, 3.05) is 7.11 Å². The highest BCUT2D eigenvalue weighted by Gasteiger charge is 2.24. The average Bonchev–Trinajstić information content (AvgIpc) is 2.65. The minimum Gasteiger partial charge on any atom is -0.505 e. The number of hydrogen-bond donors (Lipinski definition) is 3. The Balaban J connectivity index is 2.56. The molecule has 1 aromatic heterocycles. The second-order valence-electron chi connectivity index (χ2n) is 3.43. The summed E-state index contributed by atoms with van der Waals surface area (Å²) >= 11 is 0. The predicted molar refractivity (Wildman–Crippen MR) is 60.9 cm³/mol. The van der Waals surface area contributed by atoms with Crippen molar-refractivity contribution < 1.29 is 19.7 Å². The van der Waals surface area contributed by atoms with E-state index >= 15 is 0 Å². The fourth-order valence-corrected chi connectivity index (χ4v) is 1.59. The topological polar surface area (TPSA) is 82.5 Å². The highest BCUT2D eigenvalue weighted by molar-refractivity contribution is 5.98. The summed E-state index contributed by atoms with van der Waals surface area (Å²) in [5.74, 6) is -1.52. The molecule has 88 valence electrons. The maximum atomic E-state index is 11.3. The Hall–Kier alpha value is -2.43. The molecule has 0 saturated carbocycles. The molecule has 0 amide bonds. The van der Waals surface area contributed by atoms with Crippen LogP contribution in [0.4, 0.5) is 0 Å². The number of H-pyrrole nitrogens is 1. The highest BCUT2D eigenvalue weighted by Crippen LogP contribution is 2.37. The molecule has 5 nitrogen and oxygen atoms in total. The van der Waals surface area contributed by atoms with Crippen molar-refractivity contribution in [3.8, 4) is 22.9 Å². The molecule has 0 unspecified atom stereocenters. The van der Waals surface area contributed by atoms with Crippen LogP contribution in [0.2, 0.25) is 0 Å². The molecule has 5 heteroatoms. The largest absolute Gasteiger partial charge is 0.505 e. The Bertz CT molecular complexity index is 545. The molecule has 0 bridgehead atoms. The molecule has 0 fully saturated rings. The number of ether oxygens (including phenoxy) is 1. The first-order valence-corrected chi connectivity index (χ1v) is 4.92. The molecular formula is C12H11NO4. The van der Waals surface area contributed by atoms with Gasteiger partial charge in [0.25, 0.3) is 0 Å². The quantitative estimate of drug-likeness (QED) is 0.691. The summed E-state index contributed by atoms with van der Waals surface area (Å²) in [6.07, 6.45) is 0. The predicted octanol–water partition coefficient (Wildman–Crippen LogP) is 1.88. The molecule has 2 aromatic rings. The Morgan fingerprint density at radius 2 is 1.88 bits per heavy atom. The van der Waals surface area contributed by atoms with E-state index in [1.807, 2.05) is 6.07 Å². The zero-order valence-electron chi connectivity index (χ0n) is 9.10. The van der Waals surface area contributed by atoms with Crippen molar-refractivity contribution in [2.24, 2.45) is 0 Å². The average molecular weight is 233 g/mol. The van der Waals surface area contributed by atoms with E-state index in [4.69, 9.17) is 0 Å². The Morgan fingerprint density at radius 1 is 1.24 bits per heavy atom. The minimum absolute atomic E-state index is 0.258. The second kappa shape index (κ2) is 4.21. The molecule has 17 heavy (non-hydrogen) atoms. The van der Waals surface area contributed by atoms with Crippen molar-refractivity contribution in [1.29, 1.82) is 0 Å². The molecule has 0 aliphatic rings. The maximum absolute atomic E-state index is 11.3. The first kappa shape index (κ1) is 11.1. The van der Waals surface area contributed by atoms with Crippen LogP contribution in [0.25, 0.3) is 11.3 Å². The van der Waals surface area contributed by atoms with Gasteiger partial charge in [0, 0.05) is 5.56 Å². The van der Waals surface area contributed by atoms with E-state index < -0.39 is 11.8 Å². The molecular weight excluding hydrogens is 222 g/mol. The number of carbonyl (C=O) groups excluding carboxylic acids is 1. The molecule has 0 aliphatic heterocycles. The normalized spacial score (nSPS) is 10.2. The molecule has 3 N–H and O–H groups in total. The summed E-state index contributed by atoms with van der Waals surface area (Å²) in [4.78, 5) is 13.9. The molecule has 1 aromatic carbocycles. The fraction of sp³-hybridized carbons (Fsp3) is 0.0833. The third-order valence-corrected chi connectivity index (χ3v) is 2.41. The maximum Gasteiger partial charge on any atom is 0.347 e. The molecule has 0 atom stereocenters. The van der Waals surface area contributed by atoms with Gasteiger partial charge in [0.15, 0.2) is 11.3 Å². The highest BCUT2D eigenvalue weighted by atomic mass is 16.5. The number of aromatic hydroxyl groups is 2. The van der Waals surface area contributed by atoms with E-state index in [0.717, 1.165) is 0 Å². The van der Waals surface area contributed by atoms with Crippen LogP contribution >= 0.6 is 0 Å². The number of aromatic amines is 1. The Labute approximate surface area is 97.3 Å². The van der Waals surface area contributed by atoms with E-state index in [-0.39, 0.29) is 17.0 Å². The Morgan fingerprint density at radius 3 is 2.47 bits per heavy atom. The minimum atomic E-state index is -0.793. The van der Waals surface area contributed by atoms with Gasteiger partial charge in [-0.05, 0) is 0 Å². The first-order valence-electron chi connectivity index (χ1n) is 4.92. The lowest BCUT2D eigenvalue weighted by Crippen LogP contribution is -1.99. The number of nitrogens with one attached hydrogen (secondary N) is 1. The van der Waals surface area contributed by atoms with E-state index in [1.165, 1.54) is 7.11 Å². The summed E-state index contributed by atoms with van der Waals surface area (Å²) in [6.45, 7) is 0. The lowest BCUT2D eigenvalue weighted by molar-refractivity contribution is 0.0594. The van der Waals surface area contributed by atoms with Gasteiger partial charge in [0.2, 0.25) is 5.88 Å². The molecule has 0 aliphatic carbocycles. The van der Waals surface area contributed by atoms with Crippen LogP contribution in [0.15, 0.2) is 30.3 Å². The summed E-state index contributed by atoms with van der Waals surface area (Å²) in [5.41, 5.74) is 0.685. The number of rotatable bonds is 2. The zero-order chi connectivity index (χ0) is 12.4. The van der Waals surface area contributed by atoms with Gasteiger partial charge < -0.3 is 19.9 Å².